The minimum absolute atomic E-state index is 0.104. The minimum atomic E-state index is -0.104. The zero-order valence-electron chi connectivity index (χ0n) is 13.3. The summed E-state index contributed by atoms with van der Waals surface area (Å²) in [6.07, 6.45) is 0.589. The van der Waals surface area contributed by atoms with Crippen LogP contribution in [-0.2, 0) is 9.59 Å². The van der Waals surface area contributed by atoms with Gasteiger partial charge in [-0.05, 0) is 11.8 Å². The van der Waals surface area contributed by atoms with Crippen LogP contribution in [0.2, 0.25) is 0 Å². The van der Waals surface area contributed by atoms with Crippen LogP contribution < -0.4 is 5.73 Å². The molecule has 116 valence electrons. The van der Waals surface area contributed by atoms with Crippen molar-refractivity contribution in [2.45, 2.75) is 34.1 Å². The second-order valence-corrected chi connectivity index (χ2v) is 6.39. The summed E-state index contributed by atoms with van der Waals surface area (Å²) < 4.78 is 0. The zero-order chi connectivity index (χ0) is 15.3. The van der Waals surface area contributed by atoms with Crippen molar-refractivity contribution < 1.29 is 9.59 Å². The van der Waals surface area contributed by atoms with E-state index in [-0.39, 0.29) is 23.7 Å². The summed E-state index contributed by atoms with van der Waals surface area (Å²) in [5.41, 5.74) is 5.70. The van der Waals surface area contributed by atoms with Crippen LogP contribution in [0.25, 0.3) is 0 Å². The van der Waals surface area contributed by atoms with Crippen molar-refractivity contribution in [3.63, 3.8) is 0 Å². The molecular weight excluding hydrogens is 254 g/mol. The third-order valence-electron chi connectivity index (χ3n) is 3.90. The second-order valence-electron chi connectivity index (χ2n) is 6.39. The van der Waals surface area contributed by atoms with Crippen LogP contribution in [-0.4, -0.2) is 54.3 Å². The molecule has 0 aromatic heterocycles. The lowest BCUT2D eigenvalue weighted by Crippen LogP contribution is -2.53. The molecule has 1 atom stereocenters. The van der Waals surface area contributed by atoms with Gasteiger partial charge in [0.1, 0.15) is 0 Å². The van der Waals surface area contributed by atoms with Crippen LogP contribution in [0.3, 0.4) is 0 Å². The van der Waals surface area contributed by atoms with Crippen molar-refractivity contribution >= 4 is 11.8 Å². The Morgan fingerprint density at radius 2 is 1.50 bits per heavy atom. The van der Waals surface area contributed by atoms with Crippen molar-refractivity contribution in [2.75, 3.05) is 32.7 Å². The van der Waals surface area contributed by atoms with Crippen molar-refractivity contribution in [1.29, 1.82) is 0 Å². The van der Waals surface area contributed by atoms with Gasteiger partial charge in [0.25, 0.3) is 0 Å². The highest BCUT2D eigenvalue weighted by molar-refractivity contribution is 5.80. The second kappa shape index (κ2) is 7.62. The molecule has 0 aliphatic carbocycles. The molecule has 0 aromatic carbocycles. The number of nitrogens with two attached hydrogens (primary N) is 1. The Kier molecular flexibility index (Phi) is 6.46. The molecule has 2 amide bonds. The predicted octanol–water partition coefficient (Wildman–Crippen LogP) is 0.934. The Morgan fingerprint density at radius 1 is 1.00 bits per heavy atom. The molecule has 1 rings (SSSR count). The molecule has 5 nitrogen and oxygen atoms in total. The molecule has 1 unspecified atom stereocenters. The van der Waals surface area contributed by atoms with Crippen molar-refractivity contribution in [1.82, 2.24) is 9.80 Å². The molecule has 0 aromatic rings. The number of hydrogen-bond donors (Lipinski definition) is 1. The van der Waals surface area contributed by atoms with Crippen molar-refractivity contribution in [3.8, 4) is 0 Å². The SMILES string of the molecule is CC(C)CC(=O)N1CCN(C(=O)C(CN)C(C)C)CC1. The van der Waals surface area contributed by atoms with E-state index >= 15 is 0 Å². The molecule has 1 aliphatic rings. The van der Waals surface area contributed by atoms with Gasteiger partial charge in [0.15, 0.2) is 0 Å². The van der Waals surface area contributed by atoms with Gasteiger partial charge in [-0.25, -0.2) is 0 Å². The van der Waals surface area contributed by atoms with Crippen LogP contribution in [0.5, 0.6) is 0 Å². The van der Waals surface area contributed by atoms with Gasteiger partial charge in [-0.3, -0.25) is 9.59 Å². The van der Waals surface area contributed by atoms with Gasteiger partial charge < -0.3 is 15.5 Å². The molecular formula is C15H29N3O2. The van der Waals surface area contributed by atoms with Gasteiger partial charge in [-0.15, -0.1) is 0 Å². The van der Waals surface area contributed by atoms with E-state index in [1.807, 2.05) is 37.5 Å². The van der Waals surface area contributed by atoms with E-state index in [0.29, 0.717) is 45.1 Å². The Hall–Kier alpha value is -1.10. The molecule has 20 heavy (non-hydrogen) atoms. The molecule has 0 bridgehead atoms. The number of carbonyl (C=O) groups is 2. The Balaban J connectivity index is 2.49. The summed E-state index contributed by atoms with van der Waals surface area (Å²) in [5.74, 6) is 0.871. The van der Waals surface area contributed by atoms with Crippen LogP contribution in [0.1, 0.15) is 34.1 Å². The summed E-state index contributed by atoms with van der Waals surface area (Å²) in [7, 11) is 0. The maximum atomic E-state index is 12.4. The van der Waals surface area contributed by atoms with E-state index in [0.717, 1.165) is 0 Å². The number of carbonyl (C=O) groups excluding carboxylic acids is 2. The van der Waals surface area contributed by atoms with Gasteiger partial charge in [0.2, 0.25) is 11.8 Å². The average molecular weight is 283 g/mol. The van der Waals surface area contributed by atoms with Crippen LogP contribution in [0, 0.1) is 17.8 Å². The van der Waals surface area contributed by atoms with Gasteiger partial charge >= 0.3 is 0 Å². The first-order chi connectivity index (χ1) is 9.36. The van der Waals surface area contributed by atoms with Gasteiger partial charge in [-0.1, -0.05) is 27.7 Å². The smallest absolute Gasteiger partial charge is 0.227 e. The molecule has 1 heterocycles. The highest BCUT2D eigenvalue weighted by Crippen LogP contribution is 2.15. The molecule has 1 aliphatic heterocycles. The Bertz CT molecular complexity index is 334. The highest BCUT2D eigenvalue weighted by Gasteiger charge is 2.29. The largest absolute Gasteiger partial charge is 0.339 e. The first-order valence-corrected chi connectivity index (χ1v) is 7.63. The predicted molar refractivity (Wildman–Crippen MR) is 80.0 cm³/mol. The first-order valence-electron chi connectivity index (χ1n) is 7.63. The maximum absolute atomic E-state index is 12.4. The number of piperazine rings is 1. The standard InChI is InChI=1S/C15H29N3O2/c1-11(2)9-14(19)17-5-7-18(8-6-17)15(20)13(10-16)12(3)4/h11-13H,5-10,16H2,1-4H3. The van der Waals surface area contributed by atoms with E-state index in [1.54, 1.807) is 0 Å². The first kappa shape index (κ1) is 17.0. The van der Waals surface area contributed by atoms with Crippen LogP contribution in [0.4, 0.5) is 0 Å². The third-order valence-corrected chi connectivity index (χ3v) is 3.90. The number of rotatable bonds is 5. The number of amides is 2. The lowest BCUT2D eigenvalue weighted by Gasteiger charge is -2.37. The summed E-state index contributed by atoms with van der Waals surface area (Å²) in [6, 6.07) is 0. The lowest BCUT2D eigenvalue weighted by molar-refractivity contribution is -0.143. The normalized spacial score (nSPS) is 17.8. The molecule has 5 heteroatoms. The summed E-state index contributed by atoms with van der Waals surface area (Å²) in [5, 5.41) is 0. The number of nitrogens with zero attached hydrogens (tertiary/aromatic N) is 2. The summed E-state index contributed by atoms with van der Waals surface area (Å²) in [4.78, 5) is 28.1. The molecule has 0 spiro atoms. The lowest BCUT2D eigenvalue weighted by atomic mass is 9.94. The monoisotopic (exact) mass is 283 g/mol. The molecule has 1 saturated heterocycles. The van der Waals surface area contributed by atoms with E-state index in [2.05, 4.69) is 0 Å². The molecule has 0 saturated carbocycles. The van der Waals surface area contributed by atoms with Gasteiger partial charge in [0.05, 0.1) is 5.92 Å². The molecule has 2 N–H and O–H groups in total. The van der Waals surface area contributed by atoms with Gasteiger partial charge in [0, 0.05) is 39.1 Å². The Morgan fingerprint density at radius 3 is 1.90 bits per heavy atom. The van der Waals surface area contributed by atoms with Crippen molar-refractivity contribution in [3.05, 3.63) is 0 Å². The van der Waals surface area contributed by atoms with E-state index < -0.39 is 0 Å². The summed E-state index contributed by atoms with van der Waals surface area (Å²) >= 11 is 0. The fourth-order valence-corrected chi connectivity index (χ4v) is 2.55. The van der Waals surface area contributed by atoms with E-state index in [9.17, 15) is 9.59 Å². The quantitative estimate of drug-likeness (QED) is 0.816. The van der Waals surface area contributed by atoms with Gasteiger partial charge in [-0.2, -0.15) is 0 Å². The fraction of sp³-hybridized carbons (Fsp3) is 0.867. The van der Waals surface area contributed by atoms with Crippen molar-refractivity contribution in [2.24, 2.45) is 23.5 Å². The summed E-state index contributed by atoms with van der Waals surface area (Å²) in [6.45, 7) is 11.1. The molecule has 1 fully saturated rings. The highest BCUT2D eigenvalue weighted by atomic mass is 16.2. The third kappa shape index (κ3) is 4.47. The average Bonchev–Trinajstić information content (AvgIpc) is 2.38. The zero-order valence-corrected chi connectivity index (χ0v) is 13.3. The maximum Gasteiger partial charge on any atom is 0.227 e. The Labute approximate surface area is 122 Å². The van der Waals surface area contributed by atoms with Crippen LogP contribution >= 0.6 is 0 Å². The molecule has 0 radical (unpaired) electrons. The topological polar surface area (TPSA) is 66.6 Å². The minimum Gasteiger partial charge on any atom is -0.339 e. The van der Waals surface area contributed by atoms with E-state index in [1.165, 1.54) is 0 Å². The number of hydrogen-bond acceptors (Lipinski definition) is 3. The fourth-order valence-electron chi connectivity index (χ4n) is 2.55. The van der Waals surface area contributed by atoms with Crippen LogP contribution in [0.15, 0.2) is 0 Å². The van der Waals surface area contributed by atoms with E-state index in [4.69, 9.17) is 5.73 Å².